The maximum atomic E-state index is 12.5. The summed E-state index contributed by atoms with van der Waals surface area (Å²) in [5, 5.41) is 3.10. The van der Waals surface area contributed by atoms with Crippen molar-refractivity contribution in [3.8, 4) is 0 Å². The van der Waals surface area contributed by atoms with Crippen molar-refractivity contribution in [3.05, 3.63) is 64.7 Å². The summed E-state index contributed by atoms with van der Waals surface area (Å²) in [6, 6.07) is 14.7. The molecule has 25 heavy (non-hydrogen) atoms. The lowest BCUT2D eigenvalue weighted by atomic mass is 10.0. The molecular formula is C21H30N3O+. The molecule has 2 rings (SSSR count). The van der Waals surface area contributed by atoms with Gasteiger partial charge < -0.3 is 15.1 Å². The minimum absolute atomic E-state index is 0.0111. The van der Waals surface area contributed by atoms with E-state index in [9.17, 15) is 4.79 Å². The van der Waals surface area contributed by atoms with Crippen molar-refractivity contribution in [2.45, 2.75) is 19.9 Å². The lowest BCUT2D eigenvalue weighted by Crippen LogP contribution is -3.07. The lowest BCUT2D eigenvalue weighted by molar-refractivity contribution is -0.890. The second kappa shape index (κ2) is 8.17. The van der Waals surface area contributed by atoms with E-state index in [0.29, 0.717) is 6.54 Å². The summed E-state index contributed by atoms with van der Waals surface area (Å²) in [5.41, 5.74) is 5.35. The highest BCUT2D eigenvalue weighted by molar-refractivity contribution is 5.94. The first kappa shape index (κ1) is 19.0. The van der Waals surface area contributed by atoms with Gasteiger partial charge in [0.05, 0.1) is 20.6 Å². The average Bonchev–Trinajstić information content (AvgIpc) is 2.54. The number of quaternary nitrogens is 1. The molecule has 0 aliphatic carbocycles. The fraction of sp³-hybridized carbons (Fsp3) is 0.381. The van der Waals surface area contributed by atoms with Crippen LogP contribution in [0.15, 0.2) is 42.5 Å². The first-order valence-corrected chi connectivity index (χ1v) is 8.71. The first-order valence-electron chi connectivity index (χ1n) is 8.71. The number of aryl methyl sites for hydroxylation is 2. The SMILES string of the molecule is Cc1cc(C)cc(C(=O)NC[C@@H](c2ccc(N(C)C)cc2)[NH+](C)C)c1. The maximum Gasteiger partial charge on any atom is 0.251 e. The van der Waals surface area contributed by atoms with Gasteiger partial charge in [-0.25, -0.2) is 0 Å². The largest absolute Gasteiger partial charge is 0.378 e. The van der Waals surface area contributed by atoms with Gasteiger partial charge in [0.1, 0.15) is 6.04 Å². The number of amides is 1. The van der Waals surface area contributed by atoms with E-state index < -0.39 is 0 Å². The van der Waals surface area contributed by atoms with Gasteiger partial charge in [0.15, 0.2) is 0 Å². The van der Waals surface area contributed by atoms with Crippen LogP contribution in [0, 0.1) is 13.8 Å². The standard InChI is InChI=1S/C21H29N3O/c1-15-11-16(2)13-18(12-15)21(25)22-14-20(24(5)6)17-7-9-19(10-8-17)23(3)4/h7-13,20H,14H2,1-6H3,(H,22,25)/p+1/t20-/m0/s1. The molecule has 0 saturated heterocycles. The lowest BCUT2D eigenvalue weighted by Gasteiger charge is -2.23. The molecule has 1 amide bonds. The first-order chi connectivity index (χ1) is 11.8. The number of rotatable bonds is 6. The van der Waals surface area contributed by atoms with Crippen LogP contribution in [0.4, 0.5) is 5.69 Å². The Balaban J connectivity index is 2.10. The highest BCUT2D eigenvalue weighted by Gasteiger charge is 2.19. The number of nitrogens with one attached hydrogen (secondary N) is 2. The minimum Gasteiger partial charge on any atom is -0.378 e. The van der Waals surface area contributed by atoms with E-state index in [2.05, 4.69) is 54.6 Å². The Morgan fingerprint density at radius 1 is 1.04 bits per heavy atom. The van der Waals surface area contributed by atoms with Gasteiger partial charge in [-0.05, 0) is 38.1 Å². The van der Waals surface area contributed by atoms with Gasteiger partial charge in [-0.2, -0.15) is 0 Å². The summed E-state index contributed by atoms with van der Waals surface area (Å²) >= 11 is 0. The molecule has 4 heteroatoms. The molecule has 0 spiro atoms. The van der Waals surface area contributed by atoms with Gasteiger partial charge in [-0.1, -0.05) is 29.3 Å². The number of hydrogen-bond acceptors (Lipinski definition) is 2. The van der Waals surface area contributed by atoms with Gasteiger partial charge >= 0.3 is 0 Å². The normalized spacial score (nSPS) is 12.1. The Morgan fingerprint density at radius 2 is 1.60 bits per heavy atom. The molecule has 0 heterocycles. The molecule has 2 N–H and O–H groups in total. The van der Waals surface area contributed by atoms with Crippen LogP contribution >= 0.6 is 0 Å². The number of nitrogens with zero attached hydrogens (tertiary/aromatic N) is 1. The van der Waals surface area contributed by atoms with Crippen LogP contribution in [0.3, 0.4) is 0 Å². The van der Waals surface area contributed by atoms with E-state index in [1.54, 1.807) is 0 Å². The molecule has 0 radical (unpaired) electrons. The van der Waals surface area contributed by atoms with E-state index in [0.717, 1.165) is 16.7 Å². The zero-order valence-corrected chi connectivity index (χ0v) is 16.2. The van der Waals surface area contributed by atoms with E-state index in [1.165, 1.54) is 16.2 Å². The Morgan fingerprint density at radius 3 is 2.08 bits per heavy atom. The van der Waals surface area contributed by atoms with Crippen LogP contribution in [0.25, 0.3) is 0 Å². The van der Waals surface area contributed by atoms with Gasteiger partial charge in [0, 0.05) is 30.9 Å². The molecule has 0 aromatic heterocycles. The molecule has 134 valence electrons. The molecule has 0 aliphatic heterocycles. The monoisotopic (exact) mass is 340 g/mol. The number of likely N-dealkylation sites (N-methyl/N-ethyl adjacent to an activating group) is 1. The summed E-state index contributed by atoms with van der Waals surface area (Å²) < 4.78 is 0. The summed E-state index contributed by atoms with van der Waals surface area (Å²) in [7, 11) is 8.31. The van der Waals surface area contributed by atoms with Crippen LogP contribution in [-0.4, -0.2) is 40.6 Å². The van der Waals surface area contributed by atoms with Gasteiger partial charge in [0.2, 0.25) is 0 Å². The fourth-order valence-electron chi connectivity index (χ4n) is 3.06. The molecule has 2 aromatic carbocycles. The van der Waals surface area contributed by atoms with E-state index in [1.807, 2.05) is 40.1 Å². The topological polar surface area (TPSA) is 36.8 Å². The van der Waals surface area contributed by atoms with Crippen LogP contribution in [-0.2, 0) is 0 Å². The quantitative estimate of drug-likeness (QED) is 0.844. The third-order valence-electron chi connectivity index (χ3n) is 4.46. The third-order valence-corrected chi connectivity index (χ3v) is 4.46. The van der Waals surface area contributed by atoms with Crippen molar-refractivity contribution in [2.24, 2.45) is 0 Å². The zero-order chi connectivity index (χ0) is 18.6. The van der Waals surface area contributed by atoms with E-state index in [4.69, 9.17) is 0 Å². The average molecular weight is 340 g/mol. The van der Waals surface area contributed by atoms with Crippen molar-refractivity contribution < 1.29 is 9.69 Å². The van der Waals surface area contributed by atoms with Crippen LogP contribution in [0.5, 0.6) is 0 Å². The summed E-state index contributed by atoms with van der Waals surface area (Å²) in [6.07, 6.45) is 0. The molecule has 0 saturated carbocycles. The number of hydrogen-bond donors (Lipinski definition) is 2. The summed E-state index contributed by atoms with van der Waals surface area (Å²) in [4.78, 5) is 15.9. The molecule has 4 nitrogen and oxygen atoms in total. The minimum atomic E-state index is -0.0111. The van der Waals surface area contributed by atoms with Crippen molar-refractivity contribution in [3.63, 3.8) is 0 Å². The molecule has 0 fully saturated rings. The van der Waals surface area contributed by atoms with Crippen LogP contribution in [0.1, 0.15) is 33.1 Å². The smallest absolute Gasteiger partial charge is 0.251 e. The van der Waals surface area contributed by atoms with Crippen molar-refractivity contribution in [1.82, 2.24) is 5.32 Å². The number of carbonyl (C=O) groups excluding carboxylic acids is 1. The third kappa shape index (κ3) is 5.07. The van der Waals surface area contributed by atoms with Crippen molar-refractivity contribution in [1.29, 1.82) is 0 Å². The molecular weight excluding hydrogens is 310 g/mol. The number of carbonyl (C=O) groups is 1. The van der Waals surface area contributed by atoms with E-state index >= 15 is 0 Å². The van der Waals surface area contributed by atoms with Crippen LogP contribution < -0.4 is 15.1 Å². The molecule has 0 unspecified atom stereocenters. The zero-order valence-electron chi connectivity index (χ0n) is 16.2. The van der Waals surface area contributed by atoms with Gasteiger partial charge in [0.25, 0.3) is 5.91 Å². The fourth-order valence-corrected chi connectivity index (χ4v) is 3.06. The van der Waals surface area contributed by atoms with Gasteiger partial charge in [-0.15, -0.1) is 0 Å². The highest BCUT2D eigenvalue weighted by Crippen LogP contribution is 2.16. The van der Waals surface area contributed by atoms with Crippen molar-refractivity contribution in [2.75, 3.05) is 39.6 Å². The van der Waals surface area contributed by atoms with E-state index in [-0.39, 0.29) is 11.9 Å². The predicted octanol–water partition coefficient (Wildman–Crippen LogP) is 1.99. The molecule has 2 aromatic rings. The van der Waals surface area contributed by atoms with Crippen molar-refractivity contribution >= 4 is 11.6 Å². The second-order valence-electron chi connectivity index (χ2n) is 7.20. The molecule has 1 atom stereocenters. The summed E-state index contributed by atoms with van der Waals surface area (Å²) in [6.45, 7) is 4.64. The number of anilines is 1. The van der Waals surface area contributed by atoms with Crippen LogP contribution in [0.2, 0.25) is 0 Å². The maximum absolute atomic E-state index is 12.5. The molecule has 0 aliphatic rings. The summed E-state index contributed by atoms with van der Waals surface area (Å²) in [5.74, 6) is -0.0111. The second-order valence-corrected chi connectivity index (χ2v) is 7.20. The van der Waals surface area contributed by atoms with Gasteiger partial charge in [-0.3, -0.25) is 4.79 Å². The Labute approximate surface area is 151 Å². The Hall–Kier alpha value is -2.33. The highest BCUT2D eigenvalue weighted by atomic mass is 16.1. The predicted molar refractivity (Wildman–Crippen MR) is 105 cm³/mol. The Bertz CT molecular complexity index is 700. The molecule has 0 bridgehead atoms. The number of benzene rings is 2. The Kier molecular flexibility index (Phi) is 6.21.